The summed E-state index contributed by atoms with van der Waals surface area (Å²) in [5.74, 6) is -0.302. The van der Waals surface area contributed by atoms with Crippen LogP contribution in [-0.2, 0) is 9.59 Å². The number of hydrogen-bond acceptors (Lipinski definition) is 3. The van der Waals surface area contributed by atoms with Gasteiger partial charge in [-0.15, -0.1) is 0 Å². The van der Waals surface area contributed by atoms with Crippen molar-refractivity contribution < 1.29 is 18.7 Å². The molecule has 0 fully saturated rings. The van der Waals surface area contributed by atoms with Gasteiger partial charge in [-0.25, -0.2) is 4.39 Å². The van der Waals surface area contributed by atoms with Crippen molar-refractivity contribution in [3.05, 3.63) is 59.9 Å². The monoisotopic (exact) mass is 326 g/mol. The fourth-order valence-corrected chi connectivity index (χ4v) is 2.32. The molecular formula is C18H15FN2O3. The van der Waals surface area contributed by atoms with Crippen molar-refractivity contribution in [2.45, 2.75) is 0 Å². The van der Waals surface area contributed by atoms with Gasteiger partial charge in [-0.3, -0.25) is 9.59 Å². The van der Waals surface area contributed by atoms with Gasteiger partial charge in [0.25, 0.3) is 5.91 Å². The van der Waals surface area contributed by atoms with E-state index in [2.05, 4.69) is 5.32 Å². The first kappa shape index (κ1) is 15.7. The molecule has 3 rings (SSSR count). The first-order valence-corrected chi connectivity index (χ1v) is 7.31. The molecule has 0 radical (unpaired) electrons. The van der Waals surface area contributed by atoms with Crippen molar-refractivity contribution in [2.75, 3.05) is 23.9 Å². The molecule has 1 N–H and O–H groups in total. The molecule has 5 nitrogen and oxygen atoms in total. The zero-order valence-electron chi connectivity index (χ0n) is 13.0. The van der Waals surface area contributed by atoms with Crippen molar-refractivity contribution in [1.82, 2.24) is 0 Å². The van der Waals surface area contributed by atoms with E-state index in [4.69, 9.17) is 4.74 Å². The van der Waals surface area contributed by atoms with E-state index in [1.807, 2.05) is 0 Å². The Hall–Kier alpha value is -3.15. The summed E-state index contributed by atoms with van der Waals surface area (Å²) >= 11 is 0. The molecule has 2 aromatic rings. The minimum absolute atomic E-state index is 0.0274. The Morgan fingerprint density at radius 1 is 1.29 bits per heavy atom. The van der Waals surface area contributed by atoms with Gasteiger partial charge in [-0.1, -0.05) is 12.1 Å². The summed E-state index contributed by atoms with van der Waals surface area (Å²) in [6.45, 7) is -0.0274. The largest absolute Gasteiger partial charge is 0.481 e. The van der Waals surface area contributed by atoms with Gasteiger partial charge < -0.3 is 15.0 Å². The zero-order valence-corrected chi connectivity index (χ0v) is 13.0. The molecule has 0 aliphatic carbocycles. The summed E-state index contributed by atoms with van der Waals surface area (Å²) in [5.41, 5.74) is 1.80. The number of nitrogens with zero attached hydrogens (tertiary/aromatic N) is 1. The van der Waals surface area contributed by atoms with Gasteiger partial charge in [-0.2, -0.15) is 0 Å². The maximum atomic E-state index is 13.1. The molecule has 0 aromatic heterocycles. The summed E-state index contributed by atoms with van der Waals surface area (Å²) in [6.07, 6.45) is 2.85. The third-order valence-corrected chi connectivity index (χ3v) is 3.59. The van der Waals surface area contributed by atoms with Gasteiger partial charge in [0, 0.05) is 24.9 Å². The van der Waals surface area contributed by atoms with Gasteiger partial charge in [0.05, 0.1) is 5.69 Å². The molecule has 0 unspecified atom stereocenters. The van der Waals surface area contributed by atoms with Crippen LogP contribution in [0.5, 0.6) is 5.75 Å². The van der Waals surface area contributed by atoms with Crippen LogP contribution in [0.1, 0.15) is 5.56 Å². The highest BCUT2D eigenvalue weighted by Gasteiger charge is 2.22. The molecule has 2 amide bonds. The predicted molar refractivity (Wildman–Crippen MR) is 89.4 cm³/mol. The Labute approximate surface area is 138 Å². The van der Waals surface area contributed by atoms with Crippen LogP contribution in [0.25, 0.3) is 6.08 Å². The summed E-state index contributed by atoms with van der Waals surface area (Å²) in [7, 11) is 1.67. The Kier molecular flexibility index (Phi) is 4.29. The number of likely N-dealkylation sites (N-methyl/N-ethyl adjacent to an activating group) is 1. The van der Waals surface area contributed by atoms with Crippen molar-refractivity contribution in [3.63, 3.8) is 0 Å². The molecule has 122 valence electrons. The minimum Gasteiger partial charge on any atom is -0.481 e. The molecule has 2 aromatic carbocycles. The number of amides is 2. The first-order chi connectivity index (χ1) is 11.5. The van der Waals surface area contributed by atoms with E-state index in [-0.39, 0.29) is 24.2 Å². The van der Waals surface area contributed by atoms with Crippen molar-refractivity contribution in [3.8, 4) is 5.75 Å². The van der Waals surface area contributed by atoms with Crippen LogP contribution in [0, 0.1) is 5.82 Å². The van der Waals surface area contributed by atoms with Gasteiger partial charge in [0.2, 0.25) is 5.91 Å². The van der Waals surface area contributed by atoms with E-state index in [1.54, 1.807) is 37.4 Å². The second kappa shape index (κ2) is 6.54. The van der Waals surface area contributed by atoms with Gasteiger partial charge in [0.15, 0.2) is 6.61 Å². The van der Waals surface area contributed by atoms with Crippen LogP contribution in [0.3, 0.4) is 0 Å². The third kappa shape index (κ3) is 3.43. The molecule has 1 aliphatic heterocycles. The standard InChI is InChI=1S/C18H15FN2O3/c1-21-15-7-6-14(10-16(15)24-11-18(21)23)20-17(22)8-5-12-3-2-4-13(19)9-12/h2-10H,11H2,1H3,(H,20,22)/b8-5+. The van der Waals surface area contributed by atoms with Gasteiger partial charge in [0.1, 0.15) is 11.6 Å². The molecule has 6 heteroatoms. The van der Waals surface area contributed by atoms with Gasteiger partial charge in [-0.05, 0) is 35.9 Å². The minimum atomic E-state index is -0.358. The van der Waals surface area contributed by atoms with Crippen molar-refractivity contribution in [2.24, 2.45) is 0 Å². The number of hydrogen-bond donors (Lipinski definition) is 1. The normalized spacial score (nSPS) is 13.6. The highest BCUT2D eigenvalue weighted by Crippen LogP contribution is 2.33. The Morgan fingerprint density at radius 3 is 2.92 bits per heavy atom. The molecule has 0 saturated heterocycles. The summed E-state index contributed by atoms with van der Waals surface area (Å²) < 4.78 is 18.5. The fourth-order valence-electron chi connectivity index (χ4n) is 2.32. The quantitative estimate of drug-likeness (QED) is 0.883. The molecule has 1 aliphatic rings. The van der Waals surface area contributed by atoms with Crippen LogP contribution in [0.2, 0.25) is 0 Å². The number of fused-ring (bicyclic) bond motifs is 1. The number of ether oxygens (including phenoxy) is 1. The summed E-state index contributed by atoms with van der Waals surface area (Å²) in [6, 6.07) is 11.0. The van der Waals surface area contributed by atoms with Crippen LogP contribution in [0.15, 0.2) is 48.5 Å². The number of nitrogens with one attached hydrogen (secondary N) is 1. The second-order valence-corrected chi connectivity index (χ2v) is 5.30. The van der Waals surface area contributed by atoms with E-state index < -0.39 is 0 Å². The lowest BCUT2D eigenvalue weighted by molar-refractivity contribution is -0.121. The maximum Gasteiger partial charge on any atom is 0.264 e. The van der Waals surface area contributed by atoms with Crippen molar-refractivity contribution in [1.29, 1.82) is 0 Å². The Bertz CT molecular complexity index is 833. The topological polar surface area (TPSA) is 58.6 Å². The number of carbonyl (C=O) groups excluding carboxylic acids is 2. The SMILES string of the molecule is CN1C(=O)COc2cc(NC(=O)/C=C/c3cccc(F)c3)ccc21. The lowest BCUT2D eigenvalue weighted by Crippen LogP contribution is -2.35. The number of halogens is 1. The first-order valence-electron chi connectivity index (χ1n) is 7.31. The molecule has 0 saturated carbocycles. The van der Waals surface area contributed by atoms with E-state index in [9.17, 15) is 14.0 Å². The number of anilines is 2. The Balaban J connectivity index is 1.70. The zero-order chi connectivity index (χ0) is 17.1. The molecule has 0 spiro atoms. The molecule has 0 atom stereocenters. The van der Waals surface area contributed by atoms with Gasteiger partial charge >= 0.3 is 0 Å². The van der Waals surface area contributed by atoms with Crippen LogP contribution < -0.4 is 15.0 Å². The van der Waals surface area contributed by atoms with Crippen LogP contribution >= 0.6 is 0 Å². The second-order valence-electron chi connectivity index (χ2n) is 5.30. The fraction of sp³-hybridized carbons (Fsp3) is 0.111. The van der Waals surface area contributed by atoms with Crippen LogP contribution in [-0.4, -0.2) is 25.5 Å². The maximum absolute atomic E-state index is 13.1. The third-order valence-electron chi connectivity index (χ3n) is 3.59. The summed E-state index contributed by atoms with van der Waals surface area (Å²) in [5, 5.41) is 2.70. The lowest BCUT2D eigenvalue weighted by Gasteiger charge is -2.26. The number of benzene rings is 2. The average Bonchev–Trinajstić information content (AvgIpc) is 2.57. The van der Waals surface area contributed by atoms with Crippen molar-refractivity contribution >= 4 is 29.3 Å². The Morgan fingerprint density at radius 2 is 2.12 bits per heavy atom. The number of rotatable bonds is 3. The highest BCUT2D eigenvalue weighted by molar-refractivity contribution is 6.03. The number of carbonyl (C=O) groups is 2. The predicted octanol–water partition coefficient (Wildman–Crippen LogP) is 2.83. The molecule has 24 heavy (non-hydrogen) atoms. The smallest absolute Gasteiger partial charge is 0.264 e. The highest BCUT2D eigenvalue weighted by atomic mass is 19.1. The van der Waals surface area contributed by atoms with E-state index in [0.717, 1.165) is 0 Å². The van der Waals surface area contributed by atoms with Crippen LogP contribution in [0.4, 0.5) is 15.8 Å². The average molecular weight is 326 g/mol. The van der Waals surface area contributed by atoms with E-state index in [1.165, 1.54) is 29.2 Å². The molecular weight excluding hydrogens is 311 g/mol. The lowest BCUT2D eigenvalue weighted by atomic mass is 10.2. The van der Waals surface area contributed by atoms with E-state index in [0.29, 0.717) is 22.7 Å². The molecule has 1 heterocycles. The van der Waals surface area contributed by atoms with E-state index >= 15 is 0 Å². The molecule has 0 bridgehead atoms. The summed E-state index contributed by atoms with van der Waals surface area (Å²) in [4.78, 5) is 25.0.